The predicted molar refractivity (Wildman–Crippen MR) is 136 cm³/mol. The molecule has 0 amide bonds. The molecular formula is C29H29NO2S. The molecule has 0 N–H and O–H groups in total. The van der Waals surface area contributed by atoms with Crippen LogP contribution in [0.2, 0.25) is 0 Å². The zero-order valence-corrected chi connectivity index (χ0v) is 20.1. The van der Waals surface area contributed by atoms with Gasteiger partial charge in [-0.25, -0.2) is 8.42 Å². The molecule has 0 fully saturated rings. The summed E-state index contributed by atoms with van der Waals surface area (Å²) in [6.07, 6.45) is 1.83. The second-order valence-corrected chi connectivity index (χ2v) is 10.4. The van der Waals surface area contributed by atoms with Crippen LogP contribution in [0.25, 0.3) is 22.4 Å². The van der Waals surface area contributed by atoms with E-state index >= 15 is 0 Å². The number of hydrogen-bond acceptors (Lipinski definition) is 2. The van der Waals surface area contributed by atoms with Crippen molar-refractivity contribution in [2.24, 2.45) is 0 Å². The van der Waals surface area contributed by atoms with Crippen LogP contribution >= 0.6 is 0 Å². The van der Waals surface area contributed by atoms with Crippen molar-refractivity contribution >= 4 is 9.84 Å². The van der Waals surface area contributed by atoms with E-state index in [1.165, 1.54) is 0 Å². The first kappa shape index (κ1) is 22.8. The third kappa shape index (κ3) is 4.19. The van der Waals surface area contributed by atoms with Gasteiger partial charge < -0.3 is 4.57 Å². The molecular weight excluding hydrogens is 426 g/mol. The number of allylic oxidation sites excluding steroid dienone is 1. The van der Waals surface area contributed by atoms with Gasteiger partial charge in [0.05, 0.1) is 10.6 Å². The average Bonchev–Trinajstić information content (AvgIpc) is 3.17. The first-order chi connectivity index (χ1) is 15.9. The molecule has 0 spiro atoms. The number of nitrogens with zero attached hydrogens (tertiary/aromatic N) is 1. The molecule has 0 saturated carbocycles. The van der Waals surface area contributed by atoms with E-state index in [4.69, 9.17) is 0 Å². The van der Waals surface area contributed by atoms with Crippen molar-refractivity contribution in [1.29, 1.82) is 0 Å². The number of benzene rings is 3. The smallest absolute Gasteiger partial charge is 0.209 e. The lowest BCUT2D eigenvalue weighted by atomic mass is 9.99. The quantitative estimate of drug-likeness (QED) is 0.275. The average molecular weight is 456 g/mol. The second-order valence-electron chi connectivity index (χ2n) is 8.54. The summed E-state index contributed by atoms with van der Waals surface area (Å²) in [6, 6.07) is 26.7. The van der Waals surface area contributed by atoms with Crippen LogP contribution in [0.3, 0.4) is 0 Å². The van der Waals surface area contributed by atoms with Crippen LogP contribution in [0.1, 0.15) is 31.0 Å². The SMILES string of the molecule is C=CCn1c(-c2ccccc2)c(S(=O)(=O)c2ccc(C)cc2)c(-c2ccccc2)c1C(C)C. The lowest BCUT2D eigenvalue weighted by Crippen LogP contribution is -2.07. The molecule has 0 saturated heterocycles. The van der Waals surface area contributed by atoms with E-state index in [2.05, 4.69) is 25.0 Å². The molecule has 3 nitrogen and oxygen atoms in total. The Balaban J connectivity index is 2.21. The van der Waals surface area contributed by atoms with Gasteiger partial charge in [-0.1, -0.05) is 98.3 Å². The molecule has 4 rings (SSSR count). The minimum Gasteiger partial charge on any atom is -0.339 e. The summed E-state index contributed by atoms with van der Waals surface area (Å²) in [5.74, 6) is 0.101. The highest BCUT2D eigenvalue weighted by Gasteiger charge is 2.34. The van der Waals surface area contributed by atoms with Crippen molar-refractivity contribution in [1.82, 2.24) is 4.57 Å². The van der Waals surface area contributed by atoms with Gasteiger partial charge in [0, 0.05) is 17.8 Å². The number of hydrogen-bond donors (Lipinski definition) is 0. The van der Waals surface area contributed by atoms with Crippen molar-refractivity contribution in [3.63, 3.8) is 0 Å². The van der Waals surface area contributed by atoms with Crippen molar-refractivity contribution in [3.8, 4) is 22.4 Å². The molecule has 0 aliphatic carbocycles. The fraction of sp³-hybridized carbons (Fsp3) is 0.172. The molecule has 3 aromatic carbocycles. The van der Waals surface area contributed by atoms with E-state index in [1.807, 2.05) is 85.8 Å². The Morgan fingerprint density at radius 2 is 1.39 bits per heavy atom. The molecule has 1 aromatic heterocycles. The van der Waals surface area contributed by atoms with Crippen LogP contribution in [0.5, 0.6) is 0 Å². The van der Waals surface area contributed by atoms with Gasteiger partial charge in [0.2, 0.25) is 9.84 Å². The maximum Gasteiger partial charge on any atom is 0.209 e. The molecule has 1 heterocycles. The Morgan fingerprint density at radius 1 is 0.848 bits per heavy atom. The van der Waals surface area contributed by atoms with Crippen molar-refractivity contribution < 1.29 is 8.42 Å². The Morgan fingerprint density at radius 3 is 1.91 bits per heavy atom. The van der Waals surface area contributed by atoms with E-state index in [9.17, 15) is 8.42 Å². The summed E-state index contributed by atoms with van der Waals surface area (Å²) in [5.41, 5.74) is 5.25. The Bertz CT molecular complexity index is 1370. The lowest BCUT2D eigenvalue weighted by molar-refractivity contribution is 0.596. The van der Waals surface area contributed by atoms with Gasteiger partial charge in [0.15, 0.2) is 0 Å². The van der Waals surface area contributed by atoms with E-state index in [0.717, 1.165) is 27.9 Å². The molecule has 33 heavy (non-hydrogen) atoms. The van der Waals surface area contributed by atoms with Crippen LogP contribution in [0.15, 0.2) is 107 Å². The summed E-state index contributed by atoms with van der Waals surface area (Å²) < 4.78 is 30.7. The molecule has 0 radical (unpaired) electrons. The summed E-state index contributed by atoms with van der Waals surface area (Å²) in [4.78, 5) is 0.655. The third-order valence-corrected chi connectivity index (χ3v) is 7.65. The minimum absolute atomic E-state index is 0.101. The largest absolute Gasteiger partial charge is 0.339 e. The monoisotopic (exact) mass is 455 g/mol. The first-order valence-electron chi connectivity index (χ1n) is 11.2. The zero-order chi connectivity index (χ0) is 23.6. The fourth-order valence-electron chi connectivity index (χ4n) is 4.40. The van der Waals surface area contributed by atoms with Gasteiger partial charge in [-0.2, -0.15) is 0 Å². The van der Waals surface area contributed by atoms with Crippen molar-refractivity contribution in [2.45, 2.75) is 43.0 Å². The van der Waals surface area contributed by atoms with Gasteiger partial charge in [-0.3, -0.25) is 0 Å². The van der Waals surface area contributed by atoms with Crippen LogP contribution in [-0.2, 0) is 16.4 Å². The van der Waals surface area contributed by atoms with Crippen molar-refractivity contribution in [3.05, 3.63) is 109 Å². The summed E-state index contributed by atoms with van der Waals surface area (Å²) in [5, 5.41) is 0. The molecule has 0 aliphatic rings. The minimum atomic E-state index is -3.82. The Labute approximate surface area is 197 Å². The van der Waals surface area contributed by atoms with E-state index in [1.54, 1.807) is 12.1 Å². The molecule has 0 aliphatic heterocycles. The van der Waals surface area contributed by atoms with Gasteiger partial charge in [-0.05, 0) is 36.1 Å². The molecule has 0 bridgehead atoms. The number of aryl methyl sites for hydroxylation is 1. The highest BCUT2D eigenvalue weighted by atomic mass is 32.2. The van der Waals surface area contributed by atoms with Gasteiger partial charge in [-0.15, -0.1) is 6.58 Å². The maximum atomic E-state index is 14.3. The third-order valence-electron chi connectivity index (χ3n) is 5.83. The molecule has 0 atom stereocenters. The maximum absolute atomic E-state index is 14.3. The highest BCUT2D eigenvalue weighted by Crippen LogP contribution is 2.45. The zero-order valence-electron chi connectivity index (χ0n) is 19.3. The lowest BCUT2D eigenvalue weighted by Gasteiger charge is -2.15. The normalized spacial score (nSPS) is 11.6. The van der Waals surface area contributed by atoms with E-state index in [0.29, 0.717) is 22.0 Å². The van der Waals surface area contributed by atoms with Crippen LogP contribution in [-0.4, -0.2) is 13.0 Å². The predicted octanol–water partition coefficient (Wildman–Crippen LogP) is 7.27. The summed E-state index contributed by atoms with van der Waals surface area (Å²) in [6.45, 7) is 10.7. The fourth-order valence-corrected chi connectivity index (χ4v) is 6.10. The van der Waals surface area contributed by atoms with Crippen molar-refractivity contribution in [2.75, 3.05) is 0 Å². The molecule has 0 unspecified atom stereocenters. The second kappa shape index (κ2) is 9.24. The first-order valence-corrected chi connectivity index (χ1v) is 12.6. The van der Waals surface area contributed by atoms with Crippen LogP contribution in [0.4, 0.5) is 0 Å². The van der Waals surface area contributed by atoms with Gasteiger partial charge >= 0.3 is 0 Å². The van der Waals surface area contributed by atoms with Gasteiger partial charge in [0.1, 0.15) is 4.90 Å². The number of sulfone groups is 1. The van der Waals surface area contributed by atoms with Crippen LogP contribution in [0, 0.1) is 6.92 Å². The number of rotatable bonds is 7. The molecule has 4 aromatic rings. The van der Waals surface area contributed by atoms with Gasteiger partial charge in [0.25, 0.3) is 0 Å². The summed E-state index contributed by atoms with van der Waals surface area (Å²) >= 11 is 0. The molecule has 168 valence electrons. The Kier molecular flexibility index (Phi) is 6.39. The Hall–Kier alpha value is -3.37. The van der Waals surface area contributed by atoms with E-state index < -0.39 is 9.84 Å². The standard InChI is InChI=1S/C29H29NO2S/c1-5-20-30-27(21(2)3)26(23-12-8-6-9-13-23)29(28(30)24-14-10-7-11-15-24)33(31,32)25-18-16-22(4)17-19-25/h5-19,21H,1,20H2,2-4H3. The van der Waals surface area contributed by atoms with E-state index in [-0.39, 0.29) is 5.92 Å². The highest BCUT2D eigenvalue weighted by molar-refractivity contribution is 7.91. The number of aromatic nitrogens is 1. The summed E-state index contributed by atoms with van der Waals surface area (Å²) in [7, 11) is -3.82. The van der Waals surface area contributed by atoms with Crippen LogP contribution < -0.4 is 0 Å². The molecule has 4 heteroatoms. The topological polar surface area (TPSA) is 39.1 Å².